The van der Waals surface area contributed by atoms with Gasteiger partial charge in [0.1, 0.15) is 17.1 Å². The van der Waals surface area contributed by atoms with Crippen molar-refractivity contribution < 1.29 is 18.7 Å². The lowest BCUT2D eigenvalue weighted by atomic mass is 9.98. The quantitative estimate of drug-likeness (QED) is 0.291. The van der Waals surface area contributed by atoms with Gasteiger partial charge in [-0.1, -0.05) is 42.3 Å². The Balaban J connectivity index is 1.72. The first kappa shape index (κ1) is 23.3. The van der Waals surface area contributed by atoms with E-state index in [-0.39, 0.29) is 16.8 Å². The number of fused-ring (bicyclic) bond motifs is 2. The Labute approximate surface area is 211 Å². The minimum Gasteiger partial charge on any atom is -0.495 e. The first-order valence-corrected chi connectivity index (χ1v) is 11.8. The van der Waals surface area contributed by atoms with Crippen molar-refractivity contribution in [1.29, 1.82) is 0 Å². The van der Waals surface area contributed by atoms with Crippen LogP contribution < -0.4 is 19.8 Å². The zero-order valence-corrected chi connectivity index (χ0v) is 20.5. The smallest absolute Gasteiger partial charge is 0.295 e. The number of carbonyl (C=O) groups is 1. The predicted octanol–water partition coefficient (Wildman–Crippen LogP) is 6.65. The number of amides is 1. The SMILES string of the molecule is CCCOc1ccc(C2c3c(oc4ccc(Cl)cc4c3=O)C(=O)N2c2ccc(OC)c(Cl)c2)cc1. The Morgan fingerprint density at radius 3 is 2.46 bits per heavy atom. The van der Waals surface area contributed by atoms with Crippen molar-refractivity contribution in [2.75, 3.05) is 18.6 Å². The fourth-order valence-electron chi connectivity index (χ4n) is 4.30. The molecule has 6 nitrogen and oxygen atoms in total. The van der Waals surface area contributed by atoms with Crippen molar-refractivity contribution in [2.45, 2.75) is 19.4 Å². The zero-order valence-electron chi connectivity index (χ0n) is 19.0. The van der Waals surface area contributed by atoms with Gasteiger partial charge in [-0.15, -0.1) is 0 Å². The van der Waals surface area contributed by atoms with E-state index in [2.05, 4.69) is 0 Å². The van der Waals surface area contributed by atoms with Crippen molar-refractivity contribution in [1.82, 2.24) is 0 Å². The fraction of sp³-hybridized carbons (Fsp3) is 0.185. The molecule has 1 aliphatic heterocycles. The summed E-state index contributed by atoms with van der Waals surface area (Å²) in [6.07, 6.45) is 0.884. The minimum absolute atomic E-state index is 0.00641. The number of ether oxygens (including phenoxy) is 2. The third-order valence-electron chi connectivity index (χ3n) is 5.91. The molecule has 1 unspecified atom stereocenters. The van der Waals surface area contributed by atoms with Crippen LogP contribution >= 0.6 is 23.2 Å². The number of hydrogen-bond donors (Lipinski definition) is 0. The van der Waals surface area contributed by atoms with E-state index in [0.717, 1.165) is 12.0 Å². The molecule has 1 aromatic heterocycles. The predicted molar refractivity (Wildman–Crippen MR) is 136 cm³/mol. The Kier molecular flexibility index (Phi) is 6.17. The van der Waals surface area contributed by atoms with E-state index in [9.17, 15) is 9.59 Å². The highest BCUT2D eigenvalue weighted by atomic mass is 35.5. The van der Waals surface area contributed by atoms with Crippen LogP contribution in [0.1, 0.15) is 41.1 Å². The summed E-state index contributed by atoms with van der Waals surface area (Å²) >= 11 is 12.5. The maximum Gasteiger partial charge on any atom is 0.295 e. The first-order chi connectivity index (χ1) is 16.9. The second-order valence-corrected chi connectivity index (χ2v) is 8.97. The topological polar surface area (TPSA) is 69.0 Å². The number of carbonyl (C=O) groups excluding carboxylic acids is 1. The van der Waals surface area contributed by atoms with E-state index < -0.39 is 11.9 Å². The lowest BCUT2D eigenvalue weighted by Gasteiger charge is -2.26. The number of benzene rings is 3. The van der Waals surface area contributed by atoms with Gasteiger partial charge in [-0.25, -0.2) is 0 Å². The molecule has 2 heterocycles. The van der Waals surface area contributed by atoms with Crippen LogP contribution in [0.4, 0.5) is 5.69 Å². The van der Waals surface area contributed by atoms with Gasteiger partial charge < -0.3 is 13.9 Å². The molecule has 0 spiro atoms. The molecule has 0 bridgehead atoms. The van der Waals surface area contributed by atoms with Gasteiger partial charge in [0.15, 0.2) is 5.43 Å². The van der Waals surface area contributed by atoms with Gasteiger partial charge in [-0.3, -0.25) is 14.5 Å². The monoisotopic (exact) mass is 509 g/mol. The summed E-state index contributed by atoms with van der Waals surface area (Å²) in [6, 6.07) is 16.4. The number of hydrogen-bond acceptors (Lipinski definition) is 5. The molecular weight excluding hydrogens is 489 g/mol. The molecular formula is C27H21Cl2NO5. The molecule has 1 atom stereocenters. The van der Waals surface area contributed by atoms with Gasteiger partial charge in [0.25, 0.3) is 5.91 Å². The van der Waals surface area contributed by atoms with E-state index in [0.29, 0.717) is 44.8 Å². The van der Waals surface area contributed by atoms with Gasteiger partial charge >= 0.3 is 0 Å². The second-order valence-electron chi connectivity index (χ2n) is 8.13. The zero-order chi connectivity index (χ0) is 24.7. The van der Waals surface area contributed by atoms with E-state index in [4.69, 9.17) is 37.1 Å². The van der Waals surface area contributed by atoms with Crippen molar-refractivity contribution in [2.24, 2.45) is 0 Å². The number of nitrogens with zero attached hydrogens (tertiary/aromatic N) is 1. The first-order valence-electron chi connectivity index (χ1n) is 11.1. The molecule has 4 aromatic rings. The molecule has 1 amide bonds. The molecule has 3 aromatic carbocycles. The van der Waals surface area contributed by atoms with Crippen LogP contribution in [-0.4, -0.2) is 19.6 Å². The molecule has 0 fully saturated rings. The van der Waals surface area contributed by atoms with Crippen molar-refractivity contribution in [3.05, 3.63) is 97.8 Å². The van der Waals surface area contributed by atoms with Crippen LogP contribution in [0.2, 0.25) is 10.0 Å². The van der Waals surface area contributed by atoms with Gasteiger partial charge in [0.2, 0.25) is 5.76 Å². The number of methoxy groups -OCH3 is 1. The van der Waals surface area contributed by atoms with Crippen molar-refractivity contribution in [3.8, 4) is 11.5 Å². The highest BCUT2D eigenvalue weighted by molar-refractivity contribution is 6.32. The summed E-state index contributed by atoms with van der Waals surface area (Å²) in [4.78, 5) is 28.9. The van der Waals surface area contributed by atoms with E-state index in [1.807, 2.05) is 31.2 Å². The molecule has 178 valence electrons. The maximum atomic E-state index is 13.7. The molecule has 0 saturated carbocycles. The summed E-state index contributed by atoms with van der Waals surface area (Å²) < 4.78 is 16.9. The lowest BCUT2D eigenvalue weighted by molar-refractivity contribution is 0.0971. The van der Waals surface area contributed by atoms with Gasteiger partial charge in [0.05, 0.1) is 35.7 Å². The largest absolute Gasteiger partial charge is 0.495 e. The third-order valence-corrected chi connectivity index (χ3v) is 6.44. The van der Waals surface area contributed by atoms with Crippen LogP contribution in [0.15, 0.2) is 69.9 Å². The Morgan fingerprint density at radius 1 is 1.00 bits per heavy atom. The highest BCUT2D eigenvalue weighted by Gasteiger charge is 2.43. The van der Waals surface area contributed by atoms with Crippen LogP contribution in [0.5, 0.6) is 11.5 Å². The number of rotatable bonds is 6. The summed E-state index contributed by atoms with van der Waals surface area (Å²) in [7, 11) is 1.52. The van der Waals surface area contributed by atoms with E-state index in [1.54, 1.807) is 36.4 Å². The maximum absolute atomic E-state index is 13.7. The lowest BCUT2D eigenvalue weighted by Crippen LogP contribution is -2.29. The number of anilines is 1. The third kappa shape index (κ3) is 4.03. The summed E-state index contributed by atoms with van der Waals surface area (Å²) in [5.41, 5.74) is 1.46. The van der Waals surface area contributed by atoms with Crippen LogP contribution in [0.3, 0.4) is 0 Å². The average molecular weight is 510 g/mol. The summed E-state index contributed by atoms with van der Waals surface area (Å²) in [5, 5.41) is 1.06. The molecule has 0 aliphatic carbocycles. The summed E-state index contributed by atoms with van der Waals surface area (Å²) in [6.45, 7) is 2.63. The molecule has 0 N–H and O–H groups in total. The Morgan fingerprint density at radius 2 is 1.77 bits per heavy atom. The van der Waals surface area contributed by atoms with E-state index in [1.165, 1.54) is 12.0 Å². The van der Waals surface area contributed by atoms with Gasteiger partial charge in [-0.05, 0) is 60.5 Å². The van der Waals surface area contributed by atoms with Gasteiger partial charge in [-0.2, -0.15) is 0 Å². The highest BCUT2D eigenvalue weighted by Crippen LogP contribution is 2.43. The molecule has 35 heavy (non-hydrogen) atoms. The Hall–Kier alpha value is -3.48. The van der Waals surface area contributed by atoms with E-state index >= 15 is 0 Å². The Bertz CT molecular complexity index is 1500. The summed E-state index contributed by atoms with van der Waals surface area (Å²) in [5.74, 6) is 0.735. The van der Waals surface area contributed by atoms with Gasteiger partial charge in [0, 0.05) is 10.7 Å². The molecule has 1 aliphatic rings. The van der Waals surface area contributed by atoms with Crippen molar-refractivity contribution >= 4 is 45.8 Å². The number of halogens is 2. The van der Waals surface area contributed by atoms with Crippen LogP contribution in [0.25, 0.3) is 11.0 Å². The standard InChI is InChI=1S/C27H21Cl2NO5/c1-3-12-34-18-8-4-15(5-9-18)24-23-25(31)19-13-16(28)6-10-21(19)35-26(23)27(32)30(24)17-7-11-22(33-2)20(29)14-17/h4-11,13-14,24H,3,12H2,1-2H3. The van der Waals surface area contributed by atoms with Crippen LogP contribution in [0, 0.1) is 0 Å². The van der Waals surface area contributed by atoms with Crippen molar-refractivity contribution in [3.63, 3.8) is 0 Å². The fourth-order valence-corrected chi connectivity index (χ4v) is 4.72. The van der Waals surface area contributed by atoms with Crippen LogP contribution in [-0.2, 0) is 0 Å². The molecule has 5 rings (SSSR count). The second kappa shape index (κ2) is 9.29. The molecule has 8 heteroatoms. The molecule has 0 radical (unpaired) electrons. The molecule has 0 saturated heterocycles. The minimum atomic E-state index is -0.734. The average Bonchev–Trinajstić information content (AvgIpc) is 3.16. The normalized spacial score (nSPS) is 14.9.